The van der Waals surface area contributed by atoms with Crippen molar-refractivity contribution in [3.8, 4) is 0 Å². The molecule has 10 nitrogen and oxygen atoms in total. The van der Waals surface area contributed by atoms with Gasteiger partial charge in [0, 0.05) is 25.4 Å². The number of halogens is 4. The summed E-state index contributed by atoms with van der Waals surface area (Å²) in [6.07, 6.45) is 0.945. The van der Waals surface area contributed by atoms with Gasteiger partial charge in [-0.3, -0.25) is 19.9 Å². The summed E-state index contributed by atoms with van der Waals surface area (Å²) in [5.74, 6) is -1.67. The lowest BCUT2D eigenvalue weighted by molar-refractivity contribution is -0.137. The van der Waals surface area contributed by atoms with Gasteiger partial charge in [0.2, 0.25) is 10.8 Å². The van der Waals surface area contributed by atoms with Crippen molar-refractivity contribution in [2.45, 2.75) is 63.9 Å². The van der Waals surface area contributed by atoms with Gasteiger partial charge >= 0.3 is 12.3 Å². The number of anilines is 1. The maximum atomic E-state index is 14.4. The fourth-order valence-corrected chi connectivity index (χ4v) is 4.40. The number of aryl methyl sites for hydroxylation is 2. The number of amides is 2. The third kappa shape index (κ3) is 7.59. The highest BCUT2D eigenvalue weighted by molar-refractivity contribution is 7.13. The fraction of sp³-hybridized carbons (Fsp3) is 0.417. The average Bonchev–Trinajstić information content (AvgIpc) is 3.35. The number of aromatic nitrogens is 4. The van der Waals surface area contributed by atoms with Crippen molar-refractivity contribution < 1.29 is 31.9 Å². The Bertz CT molecular complexity index is 1390. The highest BCUT2D eigenvalue weighted by atomic mass is 32.1. The van der Waals surface area contributed by atoms with E-state index in [1.807, 2.05) is 0 Å². The Morgan fingerprint density at radius 2 is 1.97 bits per heavy atom. The summed E-state index contributed by atoms with van der Waals surface area (Å²) in [4.78, 5) is 40.2. The molecule has 0 aliphatic heterocycles. The summed E-state index contributed by atoms with van der Waals surface area (Å²) in [7, 11) is 0. The molecule has 1 aliphatic rings. The molecule has 208 valence electrons. The van der Waals surface area contributed by atoms with Crippen LogP contribution in [0.5, 0.6) is 0 Å². The lowest BCUT2D eigenvalue weighted by atomic mass is 9.96. The van der Waals surface area contributed by atoms with Gasteiger partial charge in [-0.2, -0.15) is 17.6 Å². The fourth-order valence-electron chi connectivity index (χ4n) is 3.60. The van der Waals surface area contributed by atoms with Crippen molar-refractivity contribution in [2.24, 2.45) is 0 Å². The van der Waals surface area contributed by atoms with Crippen molar-refractivity contribution in [2.75, 3.05) is 5.32 Å². The Morgan fingerprint density at radius 3 is 2.69 bits per heavy atom. The lowest BCUT2D eigenvalue weighted by Gasteiger charge is -2.25. The normalized spacial score (nSPS) is 13.5. The quantitative estimate of drug-likeness (QED) is 0.276. The highest BCUT2D eigenvalue weighted by Crippen LogP contribution is 2.29. The van der Waals surface area contributed by atoms with E-state index in [1.54, 1.807) is 0 Å². The van der Waals surface area contributed by atoms with E-state index in [2.05, 4.69) is 25.8 Å². The number of unbranched alkanes of at least 4 members (excludes halogenated alkanes) is 1. The highest BCUT2D eigenvalue weighted by Gasteiger charge is 2.30. The summed E-state index contributed by atoms with van der Waals surface area (Å²) >= 11 is 1.04. The summed E-state index contributed by atoms with van der Waals surface area (Å²) in [5, 5.41) is 13.1. The number of pyridine rings is 2. The summed E-state index contributed by atoms with van der Waals surface area (Å²) in [6.45, 7) is 0.0116. The summed E-state index contributed by atoms with van der Waals surface area (Å²) < 4.78 is 59.2. The van der Waals surface area contributed by atoms with Gasteiger partial charge in [0.05, 0.1) is 23.5 Å². The van der Waals surface area contributed by atoms with Crippen LogP contribution >= 0.6 is 11.3 Å². The van der Waals surface area contributed by atoms with Crippen molar-refractivity contribution in [1.82, 2.24) is 25.1 Å². The van der Waals surface area contributed by atoms with E-state index in [4.69, 9.17) is 4.74 Å². The van der Waals surface area contributed by atoms with Crippen LogP contribution in [0.3, 0.4) is 0 Å². The van der Waals surface area contributed by atoms with E-state index in [1.165, 1.54) is 16.8 Å². The van der Waals surface area contributed by atoms with Gasteiger partial charge in [0.15, 0.2) is 0 Å². The molecule has 0 bridgehead atoms. The van der Waals surface area contributed by atoms with Crippen LogP contribution in [0, 0.1) is 5.82 Å². The predicted octanol–water partition coefficient (Wildman–Crippen LogP) is 4.31. The number of nitrogens with one attached hydrogen (secondary N) is 2. The van der Waals surface area contributed by atoms with Gasteiger partial charge in [-0.1, -0.05) is 11.3 Å². The first-order valence-corrected chi connectivity index (χ1v) is 12.9. The Labute approximate surface area is 223 Å². The SMILES string of the molecule is O=C(Nc1ccn(CCCCc2nnc(C(=O)NCc3cc(C(F)(F)F)ccn3)s2)c(=O)c1F)OC1CCC1. The topological polar surface area (TPSA) is 128 Å². The first-order chi connectivity index (χ1) is 18.6. The molecule has 0 spiro atoms. The van der Waals surface area contributed by atoms with Gasteiger partial charge in [-0.15, -0.1) is 10.2 Å². The molecule has 1 aliphatic carbocycles. The molecule has 0 radical (unpaired) electrons. The molecular weight excluding hydrogens is 544 g/mol. The third-order valence-corrected chi connectivity index (χ3v) is 6.93. The Kier molecular flexibility index (Phi) is 8.89. The van der Waals surface area contributed by atoms with Crippen LogP contribution in [0.4, 0.5) is 28.0 Å². The molecule has 39 heavy (non-hydrogen) atoms. The third-order valence-electron chi connectivity index (χ3n) is 5.94. The molecular formula is C24H24F4N6O4S. The van der Waals surface area contributed by atoms with Crippen LogP contribution in [0.1, 0.15) is 58.2 Å². The molecule has 0 unspecified atom stereocenters. The average molecular weight is 569 g/mol. The molecule has 15 heteroatoms. The molecule has 4 rings (SSSR count). The Hall–Kier alpha value is -3.88. The van der Waals surface area contributed by atoms with Crippen molar-refractivity contribution >= 4 is 29.0 Å². The van der Waals surface area contributed by atoms with Crippen LogP contribution in [-0.2, 0) is 30.4 Å². The van der Waals surface area contributed by atoms with E-state index in [-0.39, 0.29) is 35.6 Å². The van der Waals surface area contributed by atoms with E-state index < -0.39 is 35.1 Å². The number of rotatable bonds is 10. The summed E-state index contributed by atoms with van der Waals surface area (Å²) in [5.41, 5.74) is -1.93. The van der Waals surface area contributed by atoms with E-state index in [0.29, 0.717) is 24.3 Å². The smallest absolute Gasteiger partial charge is 0.416 e. The second kappa shape index (κ2) is 12.3. The standard InChI is InChI=1S/C24H24F4N6O4S/c25-19-17(31-23(37)38-16-4-3-5-16)8-11-34(22(19)36)10-2-1-6-18-32-33-21(39-18)20(35)30-13-15-12-14(7-9-29-15)24(26,27)28/h7-9,11-12,16H,1-6,10,13H2,(H,30,35)(H,31,37). The van der Waals surface area contributed by atoms with Gasteiger partial charge in [0.1, 0.15) is 11.1 Å². The van der Waals surface area contributed by atoms with Gasteiger partial charge in [0.25, 0.3) is 11.5 Å². The maximum absolute atomic E-state index is 14.4. The maximum Gasteiger partial charge on any atom is 0.416 e. The van der Waals surface area contributed by atoms with Crippen LogP contribution in [0.25, 0.3) is 0 Å². The minimum Gasteiger partial charge on any atom is -0.446 e. The van der Waals surface area contributed by atoms with E-state index >= 15 is 0 Å². The first kappa shape index (κ1) is 28.1. The van der Waals surface area contributed by atoms with Gasteiger partial charge in [-0.25, -0.2) is 4.79 Å². The number of carbonyl (C=O) groups is 2. The monoisotopic (exact) mass is 568 g/mol. The van der Waals surface area contributed by atoms with Crippen molar-refractivity contribution in [3.63, 3.8) is 0 Å². The minimum atomic E-state index is -4.51. The zero-order chi connectivity index (χ0) is 28.0. The van der Waals surface area contributed by atoms with E-state index in [0.717, 1.165) is 48.9 Å². The van der Waals surface area contributed by atoms with Crippen LogP contribution < -0.4 is 16.2 Å². The second-order valence-corrected chi connectivity index (χ2v) is 9.86. The molecule has 0 atom stereocenters. The molecule has 3 aromatic rings. The molecule has 1 saturated carbocycles. The summed E-state index contributed by atoms with van der Waals surface area (Å²) in [6, 6.07) is 3.00. The van der Waals surface area contributed by atoms with Crippen molar-refractivity contribution in [3.05, 3.63) is 68.0 Å². The van der Waals surface area contributed by atoms with Crippen LogP contribution in [-0.4, -0.2) is 37.9 Å². The van der Waals surface area contributed by atoms with Crippen LogP contribution in [0.2, 0.25) is 0 Å². The minimum absolute atomic E-state index is 0.0482. The molecule has 2 amide bonds. The first-order valence-electron chi connectivity index (χ1n) is 12.1. The van der Waals surface area contributed by atoms with Crippen molar-refractivity contribution in [1.29, 1.82) is 0 Å². The molecule has 3 heterocycles. The molecule has 2 N–H and O–H groups in total. The zero-order valence-corrected chi connectivity index (χ0v) is 21.3. The van der Waals surface area contributed by atoms with Crippen LogP contribution in [0.15, 0.2) is 35.4 Å². The molecule has 1 fully saturated rings. The largest absolute Gasteiger partial charge is 0.446 e. The number of hydrogen-bond donors (Lipinski definition) is 2. The Balaban J connectivity index is 1.21. The number of hydrogen-bond acceptors (Lipinski definition) is 8. The lowest BCUT2D eigenvalue weighted by Crippen LogP contribution is -2.29. The van der Waals surface area contributed by atoms with Gasteiger partial charge in [-0.05, 0) is 50.3 Å². The zero-order valence-electron chi connectivity index (χ0n) is 20.5. The molecule has 3 aromatic heterocycles. The molecule has 0 saturated heterocycles. The number of alkyl halides is 3. The Morgan fingerprint density at radius 1 is 1.18 bits per heavy atom. The number of carbonyl (C=O) groups excluding carboxylic acids is 2. The second-order valence-electron chi connectivity index (χ2n) is 8.80. The number of nitrogens with zero attached hydrogens (tertiary/aromatic N) is 4. The number of ether oxygens (including phenoxy) is 1. The molecule has 0 aromatic carbocycles. The van der Waals surface area contributed by atoms with Gasteiger partial charge < -0.3 is 14.6 Å². The van der Waals surface area contributed by atoms with E-state index in [9.17, 15) is 31.9 Å². The predicted molar refractivity (Wildman–Crippen MR) is 132 cm³/mol.